The van der Waals surface area contributed by atoms with Crippen LogP contribution >= 0.6 is 23.5 Å². The van der Waals surface area contributed by atoms with Gasteiger partial charge in [0.2, 0.25) is 29.5 Å². The molecule has 4 heterocycles. The Morgan fingerprint density at radius 3 is 2.34 bits per heavy atom. The molecule has 0 unspecified atom stereocenters. The number of aromatic nitrogens is 1. The quantitative estimate of drug-likeness (QED) is 0.241. The first-order valence-electron chi connectivity index (χ1n) is 19.8. The lowest BCUT2D eigenvalue weighted by Crippen LogP contribution is -2.65. The van der Waals surface area contributed by atoms with Crippen LogP contribution in [0.4, 0.5) is 0 Å². The van der Waals surface area contributed by atoms with Crippen molar-refractivity contribution >= 4 is 65.7 Å². The van der Waals surface area contributed by atoms with Gasteiger partial charge in [0.15, 0.2) is 0 Å². The molecule has 15 nitrogen and oxygen atoms in total. The summed E-state index contributed by atoms with van der Waals surface area (Å²) in [6.45, 7) is 12.9. The van der Waals surface area contributed by atoms with Crippen LogP contribution in [0.3, 0.4) is 0 Å². The number of fused-ring (bicyclic) bond motifs is 2. The fraction of sp³-hybridized carbons (Fsp3) is 0.692. The number of rotatable bonds is 8. The SMILES string of the molecule is C=NC(=O)CN1CCC(NC(=O)[C@@H]2CSCc3cccc(n3)CSCCC(=O)NC3(CCOCC3)C(=O)N[C@@H](CC(C)C)C(=O)N[C@@H]([C@@H](C)CC)C(=O)N2)CC1. The van der Waals surface area contributed by atoms with Gasteiger partial charge >= 0.3 is 0 Å². The van der Waals surface area contributed by atoms with Gasteiger partial charge in [-0.25, -0.2) is 4.99 Å². The topological polar surface area (TPSA) is 200 Å². The third-order valence-corrected chi connectivity index (χ3v) is 12.6. The molecular formula is C39H60N8O7S2. The average Bonchev–Trinajstić information content (AvgIpc) is 3.18. The van der Waals surface area contributed by atoms with Gasteiger partial charge in [0.05, 0.1) is 17.9 Å². The van der Waals surface area contributed by atoms with E-state index in [4.69, 9.17) is 9.72 Å². The van der Waals surface area contributed by atoms with E-state index in [1.807, 2.05) is 50.8 Å². The number of carbonyl (C=O) groups excluding carboxylic acids is 6. The standard InChI is InChI=1S/C39H60N8O7S2/c1-6-26(4)34-37(52)43-31(36(51)42-27-10-15-47(16-11-27)21-33(49)40-5)24-56-23-29-9-7-8-28(41-29)22-55-19-12-32(48)46-39(13-17-54-18-14-39)38(53)44-30(20-25(2)3)35(50)45-34/h7-9,25-27,30-31,34H,5-6,10-24H2,1-4H3,(H,42,51)(H,43,52)(H,44,53)(H,45,50)(H,46,48)/t26-,30-,31-,34-/m0/s1. The molecule has 2 bridgehead atoms. The van der Waals surface area contributed by atoms with Crippen molar-refractivity contribution in [2.75, 3.05) is 44.4 Å². The number of likely N-dealkylation sites (tertiary alicyclic amines) is 1. The van der Waals surface area contributed by atoms with Crippen LogP contribution in [-0.2, 0) is 45.0 Å². The number of amides is 6. The van der Waals surface area contributed by atoms with Crippen LogP contribution in [-0.4, -0.2) is 126 Å². The number of nitrogens with one attached hydrogen (secondary N) is 5. The van der Waals surface area contributed by atoms with Crippen molar-refractivity contribution in [1.29, 1.82) is 0 Å². The summed E-state index contributed by atoms with van der Waals surface area (Å²) in [6.07, 6.45) is 2.84. The first-order valence-corrected chi connectivity index (χ1v) is 22.1. The van der Waals surface area contributed by atoms with Gasteiger partial charge in [0.1, 0.15) is 23.7 Å². The molecule has 6 amide bonds. The summed E-state index contributed by atoms with van der Waals surface area (Å²) in [6, 6.07) is 2.74. The van der Waals surface area contributed by atoms with E-state index in [2.05, 4.69) is 38.3 Å². The second kappa shape index (κ2) is 22.4. The Morgan fingerprint density at radius 1 is 1.02 bits per heavy atom. The highest BCUT2D eigenvalue weighted by molar-refractivity contribution is 7.98. The lowest BCUT2D eigenvalue weighted by Gasteiger charge is -2.38. The first-order chi connectivity index (χ1) is 26.8. The molecule has 2 fully saturated rings. The van der Waals surface area contributed by atoms with Gasteiger partial charge in [-0.05, 0) is 49.9 Å². The number of pyridine rings is 1. The lowest BCUT2D eigenvalue weighted by atomic mass is 9.87. The Morgan fingerprint density at radius 2 is 1.70 bits per heavy atom. The Labute approximate surface area is 339 Å². The lowest BCUT2D eigenvalue weighted by molar-refractivity contribution is -0.140. The minimum atomic E-state index is -1.25. The molecule has 3 aliphatic rings. The summed E-state index contributed by atoms with van der Waals surface area (Å²) in [5.74, 6) is -0.776. The number of thioether (sulfide) groups is 2. The molecule has 0 radical (unpaired) electrons. The molecule has 1 aromatic rings. The van der Waals surface area contributed by atoms with E-state index in [1.54, 1.807) is 11.8 Å². The molecule has 56 heavy (non-hydrogen) atoms. The van der Waals surface area contributed by atoms with Crippen molar-refractivity contribution in [3.63, 3.8) is 0 Å². The average molecular weight is 817 g/mol. The van der Waals surface area contributed by atoms with Gasteiger partial charge in [-0.15, -0.1) is 0 Å². The van der Waals surface area contributed by atoms with Crippen LogP contribution in [0.25, 0.3) is 0 Å². The van der Waals surface area contributed by atoms with E-state index in [9.17, 15) is 28.8 Å². The van der Waals surface area contributed by atoms with E-state index in [-0.39, 0.29) is 80.4 Å². The van der Waals surface area contributed by atoms with Gasteiger partial charge in [-0.2, -0.15) is 23.5 Å². The van der Waals surface area contributed by atoms with Crippen molar-refractivity contribution in [1.82, 2.24) is 36.5 Å². The Balaban J connectivity index is 1.59. The van der Waals surface area contributed by atoms with Crippen LogP contribution in [0.15, 0.2) is 23.2 Å². The van der Waals surface area contributed by atoms with Crippen LogP contribution in [0.5, 0.6) is 0 Å². The maximum absolute atomic E-state index is 14.2. The maximum Gasteiger partial charge on any atom is 0.259 e. The molecular weight excluding hydrogens is 757 g/mol. The predicted octanol–water partition coefficient (Wildman–Crippen LogP) is 1.97. The second-order valence-electron chi connectivity index (χ2n) is 15.4. The van der Waals surface area contributed by atoms with E-state index >= 15 is 0 Å². The third kappa shape index (κ3) is 13.8. The number of piperidine rings is 1. The highest BCUT2D eigenvalue weighted by atomic mass is 32.2. The summed E-state index contributed by atoms with van der Waals surface area (Å²) >= 11 is 3.04. The van der Waals surface area contributed by atoms with Crippen molar-refractivity contribution < 1.29 is 33.5 Å². The molecule has 0 aromatic carbocycles. The minimum Gasteiger partial charge on any atom is -0.381 e. The van der Waals surface area contributed by atoms with E-state index < -0.39 is 41.4 Å². The number of ether oxygens (including phenoxy) is 1. The van der Waals surface area contributed by atoms with Crippen molar-refractivity contribution in [3.8, 4) is 0 Å². The van der Waals surface area contributed by atoms with E-state index in [0.29, 0.717) is 56.0 Å². The van der Waals surface area contributed by atoms with Crippen LogP contribution in [0, 0.1) is 11.8 Å². The molecule has 1 spiro atoms. The zero-order valence-electron chi connectivity index (χ0n) is 33.2. The number of hydrogen-bond acceptors (Lipinski definition) is 11. The number of aliphatic imine (C=N–C) groups is 1. The summed E-state index contributed by atoms with van der Waals surface area (Å²) in [5.41, 5.74) is 0.437. The summed E-state index contributed by atoms with van der Waals surface area (Å²) in [7, 11) is 0. The molecule has 4 atom stereocenters. The summed E-state index contributed by atoms with van der Waals surface area (Å²) in [4.78, 5) is 91.5. The first kappa shape index (κ1) is 45.2. The van der Waals surface area contributed by atoms with Gasteiger partial charge in [0.25, 0.3) is 5.91 Å². The van der Waals surface area contributed by atoms with E-state index in [1.165, 1.54) is 11.8 Å². The monoisotopic (exact) mass is 816 g/mol. The van der Waals surface area contributed by atoms with Crippen molar-refractivity contribution in [3.05, 3.63) is 29.6 Å². The minimum absolute atomic E-state index is 0.0166. The predicted molar refractivity (Wildman–Crippen MR) is 219 cm³/mol. The van der Waals surface area contributed by atoms with Gasteiger partial charge in [-0.1, -0.05) is 40.2 Å². The molecule has 0 aliphatic carbocycles. The molecule has 1 aromatic heterocycles. The normalized spacial score (nSPS) is 24.7. The Bertz CT molecular complexity index is 1530. The van der Waals surface area contributed by atoms with Crippen LogP contribution in [0.2, 0.25) is 0 Å². The molecule has 17 heteroatoms. The highest BCUT2D eigenvalue weighted by Crippen LogP contribution is 2.24. The molecule has 3 aliphatic heterocycles. The number of hydrogen-bond donors (Lipinski definition) is 5. The highest BCUT2D eigenvalue weighted by Gasteiger charge is 2.43. The fourth-order valence-electron chi connectivity index (χ4n) is 6.95. The molecule has 2 saturated heterocycles. The van der Waals surface area contributed by atoms with E-state index in [0.717, 1.165) is 11.4 Å². The molecule has 310 valence electrons. The number of carbonyl (C=O) groups is 6. The van der Waals surface area contributed by atoms with Crippen LogP contribution in [0.1, 0.15) is 84.0 Å². The zero-order valence-corrected chi connectivity index (χ0v) is 34.9. The van der Waals surface area contributed by atoms with Crippen LogP contribution < -0.4 is 26.6 Å². The molecule has 4 rings (SSSR count). The number of nitrogens with zero attached hydrogens (tertiary/aromatic N) is 3. The molecule has 5 N–H and O–H groups in total. The Kier molecular flexibility index (Phi) is 18.1. The van der Waals surface area contributed by atoms with Crippen molar-refractivity contribution in [2.45, 2.75) is 114 Å². The molecule has 0 saturated carbocycles. The summed E-state index contributed by atoms with van der Waals surface area (Å²) in [5, 5.41) is 14.9. The smallest absolute Gasteiger partial charge is 0.259 e. The van der Waals surface area contributed by atoms with Crippen molar-refractivity contribution in [2.24, 2.45) is 16.8 Å². The second-order valence-corrected chi connectivity index (χ2v) is 17.5. The maximum atomic E-state index is 14.2. The van der Waals surface area contributed by atoms with Gasteiger partial charge in [-0.3, -0.25) is 38.7 Å². The summed E-state index contributed by atoms with van der Waals surface area (Å²) < 4.78 is 5.56. The van der Waals surface area contributed by atoms with Gasteiger partial charge in [0, 0.05) is 74.6 Å². The third-order valence-electron chi connectivity index (χ3n) is 10.5. The fourth-order valence-corrected chi connectivity index (χ4v) is 8.75. The van der Waals surface area contributed by atoms with Gasteiger partial charge < -0.3 is 31.3 Å². The largest absolute Gasteiger partial charge is 0.381 e. The zero-order chi connectivity index (χ0) is 40.7. The Hall–Kier alpha value is -3.54.